The Morgan fingerprint density at radius 2 is 2.06 bits per heavy atom. The molecule has 96 valence electrons. The summed E-state index contributed by atoms with van der Waals surface area (Å²) in [5, 5.41) is 9.07. The molecule has 1 rings (SSSR count). The Bertz CT molecular complexity index is 501. The van der Waals surface area contributed by atoms with Gasteiger partial charge in [-0.2, -0.15) is 0 Å². The maximum Gasteiger partial charge on any atom is 0.247 e. The number of H-pyrrole nitrogens is 1. The van der Waals surface area contributed by atoms with Crippen LogP contribution >= 0.6 is 0 Å². The number of aromatic nitrogens is 1. The molecule has 0 aliphatic heterocycles. The third-order valence-corrected chi connectivity index (χ3v) is 3.86. The van der Waals surface area contributed by atoms with E-state index in [1.165, 1.54) is 6.07 Å². The van der Waals surface area contributed by atoms with Crippen molar-refractivity contribution in [2.45, 2.75) is 24.8 Å². The number of nitrogens with one attached hydrogen (secondary N) is 2. The Kier molecular flexibility index (Phi) is 4.44. The van der Waals surface area contributed by atoms with E-state index in [1.807, 2.05) is 0 Å². The van der Waals surface area contributed by atoms with Gasteiger partial charge in [-0.1, -0.05) is 13.8 Å². The molecule has 0 fully saturated rings. The molecule has 0 bridgehead atoms. The van der Waals surface area contributed by atoms with Crippen LogP contribution in [-0.4, -0.2) is 31.2 Å². The van der Waals surface area contributed by atoms with Gasteiger partial charge in [0.1, 0.15) is 0 Å². The van der Waals surface area contributed by atoms with Gasteiger partial charge in [0, 0.05) is 18.3 Å². The normalized spacial score (nSPS) is 13.9. The molecule has 1 aromatic heterocycles. The first kappa shape index (κ1) is 13.9. The van der Waals surface area contributed by atoms with Crippen molar-refractivity contribution in [3.8, 4) is 0 Å². The SMILES string of the molecule is CC(C)[C@@H](CO)NS(=O)(=O)c1ccc(=O)[nH]c1. The van der Waals surface area contributed by atoms with E-state index >= 15 is 0 Å². The molecule has 1 heterocycles. The van der Waals surface area contributed by atoms with E-state index in [-0.39, 0.29) is 23.0 Å². The van der Waals surface area contributed by atoms with E-state index in [4.69, 9.17) is 5.11 Å². The number of rotatable bonds is 5. The molecule has 0 saturated carbocycles. The lowest BCUT2D eigenvalue weighted by Gasteiger charge is -2.19. The molecule has 1 aromatic rings. The number of sulfonamides is 1. The minimum Gasteiger partial charge on any atom is -0.395 e. The lowest BCUT2D eigenvalue weighted by Crippen LogP contribution is -2.41. The molecule has 0 aliphatic rings. The molecular formula is C10H16N2O4S. The van der Waals surface area contributed by atoms with E-state index in [2.05, 4.69) is 9.71 Å². The summed E-state index contributed by atoms with van der Waals surface area (Å²) in [5.74, 6) is -0.0301. The Hall–Kier alpha value is -1.18. The number of aliphatic hydroxyl groups is 1. The molecule has 7 heteroatoms. The van der Waals surface area contributed by atoms with Crippen LogP contribution in [0.1, 0.15) is 13.8 Å². The highest BCUT2D eigenvalue weighted by Crippen LogP contribution is 2.09. The van der Waals surface area contributed by atoms with Gasteiger partial charge in [0.2, 0.25) is 15.6 Å². The number of hydrogen-bond acceptors (Lipinski definition) is 4. The number of aromatic amines is 1. The Morgan fingerprint density at radius 3 is 2.47 bits per heavy atom. The maximum absolute atomic E-state index is 11.9. The number of pyridine rings is 1. The van der Waals surface area contributed by atoms with Gasteiger partial charge in [-0.3, -0.25) is 4.79 Å². The summed E-state index contributed by atoms with van der Waals surface area (Å²) in [6.45, 7) is 3.33. The molecule has 0 aliphatic carbocycles. The smallest absolute Gasteiger partial charge is 0.247 e. The first-order valence-electron chi connectivity index (χ1n) is 5.18. The van der Waals surface area contributed by atoms with E-state index in [0.29, 0.717) is 0 Å². The van der Waals surface area contributed by atoms with Crippen LogP contribution in [0, 0.1) is 5.92 Å². The van der Waals surface area contributed by atoms with Gasteiger partial charge in [-0.15, -0.1) is 0 Å². The second-order valence-electron chi connectivity index (χ2n) is 4.04. The number of hydrogen-bond donors (Lipinski definition) is 3. The molecule has 0 radical (unpaired) electrons. The molecule has 6 nitrogen and oxygen atoms in total. The molecule has 0 saturated heterocycles. The van der Waals surface area contributed by atoms with Gasteiger partial charge in [-0.05, 0) is 12.0 Å². The third-order valence-electron chi connectivity index (χ3n) is 2.37. The average Bonchev–Trinajstić information content (AvgIpc) is 2.26. The van der Waals surface area contributed by atoms with Crippen LogP contribution in [0.25, 0.3) is 0 Å². The highest BCUT2D eigenvalue weighted by Gasteiger charge is 2.21. The quantitative estimate of drug-likeness (QED) is 0.675. The highest BCUT2D eigenvalue weighted by molar-refractivity contribution is 7.89. The fraction of sp³-hybridized carbons (Fsp3) is 0.500. The zero-order valence-electron chi connectivity index (χ0n) is 9.67. The van der Waals surface area contributed by atoms with E-state index in [0.717, 1.165) is 12.3 Å². The molecule has 0 unspecified atom stereocenters. The van der Waals surface area contributed by atoms with Crippen LogP contribution in [0.4, 0.5) is 0 Å². The van der Waals surface area contributed by atoms with Crippen LogP contribution in [0.3, 0.4) is 0 Å². The summed E-state index contributed by atoms with van der Waals surface area (Å²) in [6, 6.07) is 1.81. The van der Waals surface area contributed by atoms with Crippen LogP contribution in [0.2, 0.25) is 0 Å². The second-order valence-corrected chi connectivity index (χ2v) is 5.76. The first-order valence-corrected chi connectivity index (χ1v) is 6.67. The third kappa shape index (κ3) is 3.65. The lowest BCUT2D eigenvalue weighted by atomic mass is 10.1. The minimum absolute atomic E-state index is 0.0301. The summed E-state index contributed by atoms with van der Waals surface area (Å²) >= 11 is 0. The summed E-state index contributed by atoms with van der Waals surface area (Å²) in [5.41, 5.74) is -0.369. The molecule has 3 N–H and O–H groups in total. The average molecular weight is 260 g/mol. The summed E-state index contributed by atoms with van der Waals surface area (Å²) in [7, 11) is -3.71. The van der Waals surface area contributed by atoms with E-state index in [1.54, 1.807) is 13.8 Å². The molecule has 0 aromatic carbocycles. The molecule has 0 spiro atoms. The zero-order chi connectivity index (χ0) is 13.1. The monoisotopic (exact) mass is 260 g/mol. The van der Waals surface area contributed by atoms with Crippen molar-refractivity contribution in [3.05, 3.63) is 28.7 Å². The fourth-order valence-corrected chi connectivity index (χ4v) is 2.56. The van der Waals surface area contributed by atoms with Crippen molar-refractivity contribution < 1.29 is 13.5 Å². The Morgan fingerprint density at radius 1 is 1.41 bits per heavy atom. The predicted molar refractivity (Wildman–Crippen MR) is 63.1 cm³/mol. The van der Waals surface area contributed by atoms with Crippen molar-refractivity contribution in [2.75, 3.05) is 6.61 Å². The van der Waals surface area contributed by atoms with Gasteiger partial charge in [-0.25, -0.2) is 13.1 Å². The zero-order valence-corrected chi connectivity index (χ0v) is 10.5. The van der Waals surface area contributed by atoms with Crippen molar-refractivity contribution in [3.63, 3.8) is 0 Å². The van der Waals surface area contributed by atoms with Crippen LogP contribution in [0.5, 0.6) is 0 Å². The molecule has 0 amide bonds. The van der Waals surface area contributed by atoms with Gasteiger partial charge >= 0.3 is 0 Å². The van der Waals surface area contributed by atoms with E-state index in [9.17, 15) is 13.2 Å². The predicted octanol–water partition coefficient (Wildman–Crippen LogP) is -0.330. The second kappa shape index (κ2) is 5.44. The summed E-state index contributed by atoms with van der Waals surface area (Å²) in [4.78, 5) is 13.1. The molecular weight excluding hydrogens is 244 g/mol. The van der Waals surface area contributed by atoms with Crippen molar-refractivity contribution in [1.29, 1.82) is 0 Å². The largest absolute Gasteiger partial charge is 0.395 e. The van der Waals surface area contributed by atoms with Crippen molar-refractivity contribution in [2.24, 2.45) is 5.92 Å². The minimum atomic E-state index is -3.71. The van der Waals surface area contributed by atoms with Crippen LogP contribution in [0.15, 0.2) is 28.0 Å². The molecule has 17 heavy (non-hydrogen) atoms. The Balaban J connectivity index is 2.96. The topological polar surface area (TPSA) is 99.3 Å². The van der Waals surface area contributed by atoms with Gasteiger partial charge in [0.15, 0.2) is 0 Å². The number of aliphatic hydroxyl groups excluding tert-OH is 1. The van der Waals surface area contributed by atoms with E-state index < -0.39 is 16.1 Å². The first-order chi connectivity index (χ1) is 7.86. The van der Waals surface area contributed by atoms with Gasteiger partial charge in [0.05, 0.1) is 11.5 Å². The molecule has 1 atom stereocenters. The lowest BCUT2D eigenvalue weighted by molar-refractivity contribution is 0.227. The fourth-order valence-electron chi connectivity index (χ4n) is 1.21. The standard InChI is InChI=1S/C10H16N2O4S/c1-7(2)9(6-13)12-17(15,16)8-3-4-10(14)11-5-8/h3-5,7,9,12-13H,6H2,1-2H3,(H,11,14)/t9-/m1/s1. The summed E-state index contributed by atoms with van der Waals surface area (Å²) < 4.78 is 26.1. The van der Waals surface area contributed by atoms with Gasteiger partial charge < -0.3 is 10.1 Å². The summed E-state index contributed by atoms with van der Waals surface area (Å²) in [6.07, 6.45) is 1.12. The van der Waals surface area contributed by atoms with Crippen LogP contribution in [-0.2, 0) is 10.0 Å². The maximum atomic E-state index is 11.9. The van der Waals surface area contributed by atoms with Crippen LogP contribution < -0.4 is 10.3 Å². The Labute approximate surface area is 99.7 Å². The van der Waals surface area contributed by atoms with Gasteiger partial charge in [0.25, 0.3) is 0 Å². The van der Waals surface area contributed by atoms with Crippen molar-refractivity contribution >= 4 is 10.0 Å². The van der Waals surface area contributed by atoms with Crippen molar-refractivity contribution in [1.82, 2.24) is 9.71 Å². The highest BCUT2D eigenvalue weighted by atomic mass is 32.2.